The number of carbonyl (C=O) groups excluding carboxylic acids is 2. The summed E-state index contributed by atoms with van der Waals surface area (Å²) in [6.07, 6.45) is 0. The van der Waals surface area contributed by atoms with Gasteiger partial charge in [0.25, 0.3) is 0 Å². The average molecular weight is 343 g/mol. The molecule has 0 saturated heterocycles. The van der Waals surface area contributed by atoms with Crippen molar-refractivity contribution in [1.29, 1.82) is 0 Å². The smallest absolute Gasteiger partial charge is 0.319 e. The van der Waals surface area contributed by atoms with E-state index in [4.69, 9.17) is 9.47 Å². The normalized spacial score (nSPS) is 9.84. The number of benzene rings is 2. The van der Waals surface area contributed by atoms with Crippen molar-refractivity contribution in [1.82, 2.24) is 5.32 Å². The largest absolute Gasteiger partial charge is 0.493 e. The Morgan fingerprint density at radius 3 is 2.32 bits per heavy atom. The molecule has 2 rings (SSSR count). The monoisotopic (exact) mass is 343 g/mol. The van der Waals surface area contributed by atoms with Crippen LogP contribution in [0, 0.1) is 0 Å². The zero-order valence-electron chi connectivity index (χ0n) is 14.2. The van der Waals surface area contributed by atoms with Crippen molar-refractivity contribution in [3.63, 3.8) is 0 Å². The first-order chi connectivity index (χ1) is 12.1. The predicted octanol–water partition coefficient (Wildman–Crippen LogP) is 2.85. The van der Waals surface area contributed by atoms with Gasteiger partial charge in [0.15, 0.2) is 11.5 Å². The Morgan fingerprint density at radius 2 is 1.64 bits per heavy atom. The Hall–Kier alpha value is -3.22. The zero-order chi connectivity index (χ0) is 18.1. The van der Waals surface area contributed by atoms with Crippen molar-refractivity contribution >= 4 is 23.3 Å². The predicted molar refractivity (Wildman–Crippen MR) is 96.3 cm³/mol. The molecule has 0 bridgehead atoms. The summed E-state index contributed by atoms with van der Waals surface area (Å²) in [5, 5.41) is 8.05. The second kappa shape index (κ2) is 9.17. The number of urea groups is 1. The lowest BCUT2D eigenvalue weighted by atomic mass is 10.3. The SMILES string of the molecule is COc1ccccc1OCCNC(=O)Nc1cccc(NC(C)=O)c1. The first kappa shape index (κ1) is 18.1. The molecule has 0 aliphatic carbocycles. The van der Waals surface area contributed by atoms with Gasteiger partial charge in [0.2, 0.25) is 5.91 Å². The van der Waals surface area contributed by atoms with Gasteiger partial charge in [-0.25, -0.2) is 4.79 Å². The van der Waals surface area contributed by atoms with E-state index >= 15 is 0 Å². The lowest BCUT2D eigenvalue weighted by Gasteiger charge is -2.12. The minimum absolute atomic E-state index is 0.171. The van der Waals surface area contributed by atoms with E-state index in [1.165, 1.54) is 6.92 Å². The molecule has 132 valence electrons. The molecule has 0 radical (unpaired) electrons. The van der Waals surface area contributed by atoms with Crippen LogP contribution in [-0.2, 0) is 4.79 Å². The molecule has 0 heterocycles. The number of ether oxygens (including phenoxy) is 2. The second-order valence-electron chi connectivity index (χ2n) is 5.14. The van der Waals surface area contributed by atoms with Crippen LogP contribution in [0.3, 0.4) is 0 Å². The molecular weight excluding hydrogens is 322 g/mol. The molecule has 0 aliphatic heterocycles. The fourth-order valence-electron chi connectivity index (χ4n) is 2.12. The maximum absolute atomic E-state index is 11.9. The van der Waals surface area contributed by atoms with Crippen LogP contribution in [0.25, 0.3) is 0 Å². The highest BCUT2D eigenvalue weighted by atomic mass is 16.5. The molecule has 3 amide bonds. The first-order valence-electron chi connectivity index (χ1n) is 7.77. The number of carbonyl (C=O) groups is 2. The minimum Gasteiger partial charge on any atom is -0.493 e. The Kier molecular flexibility index (Phi) is 6.65. The average Bonchev–Trinajstić information content (AvgIpc) is 2.59. The lowest BCUT2D eigenvalue weighted by molar-refractivity contribution is -0.114. The van der Waals surface area contributed by atoms with E-state index in [2.05, 4.69) is 16.0 Å². The van der Waals surface area contributed by atoms with Gasteiger partial charge in [0.05, 0.1) is 13.7 Å². The van der Waals surface area contributed by atoms with Gasteiger partial charge in [-0.05, 0) is 30.3 Å². The highest BCUT2D eigenvalue weighted by Gasteiger charge is 2.05. The van der Waals surface area contributed by atoms with Crippen molar-refractivity contribution in [3.8, 4) is 11.5 Å². The summed E-state index contributed by atoms with van der Waals surface area (Å²) < 4.78 is 10.8. The molecule has 0 unspecified atom stereocenters. The molecule has 0 aliphatic rings. The highest BCUT2D eigenvalue weighted by Crippen LogP contribution is 2.25. The van der Waals surface area contributed by atoms with Crippen molar-refractivity contribution in [3.05, 3.63) is 48.5 Å². The Morgan fingerprint density at radius 1 is 0.960 bits per heavy atom. The van der Waals surface area contributed by atoms with E-state index in [-0.39, 0.29) is 11.9 Å². The zero-order valence-corrected chi connectivity index (χ0v) is 14.2. The summed E-state index contributed by atoms with van der Waals surface area (Å²) in [6, 6.07) is 13.8. The molecule has 2 aromatic carbocycles. The van der Waals surface area contributed by atoms with Crippen LogP contribution in [0.15, 0.2) is 48.5 Å². The van der Waals surface area contributed by atoms with Crippen molar-refractivity contribution in [2.75, 3.05) is 30.9 Å². The Balaban J connectivity index is 1.76. The van der Waals surface area contributed by atoms with E-state index in [1.54, 1.807) is 43.5 Å². The number of anilines is 2. The van der Waals surface area contributed by atoms with E-state index in [1.807, 2.05) is 12.1 Å². The summed E-state index contributed by atoms with van der Waals surface area (Å²) in [6.45, 7) is 2.06. The summed E-state index contributed by atoms with van der Waals surface area (Å²) in [5.74, 6) is 1.09. The molecular formula is C18H21N3O4. The van der Waals surface area contributed by atoms with Gasteiger partial charge >= 0.3 is 6.03 Å². The van der Waals surface area contributed by atoms with Crippen LogP contribution >= 0.6 is 0 Å². The van der Waals surface area contributed by atoms with Crippen LogP contribution in [0.2, 0.25) is 0 Å². The van der Waals surface area contributed by atoms with Gasteiger partial charge in [-0.1, -0.05) is 18.2 Å². The van der Waals surface area contributed by atoms with Gasteiger partial charge in [-0.15, -0.1) is 0 Å². The number of hydrogen-bond donors (Lipinski definition) is 3. The van der Waals surface area contributed by atoms with Gasteiger partial charge in [0.1, 0.15) is 6.61 Å². The molecule has 0 atom stereocenters. The van der Waals surface area contributed by atoms with Crippen molar-refractivity contribution < 1.29 is 19.1 Å². The topological polar surface area (TPSA) is 88.7 Å². The van der Waals surface area contributed by atoms with E-state index in [0.717, 1.165) is 0 Å². The van der Waals surface area contributed by atoms with Gasteiger partial charge in [-0.3, -0.25) is 4.79 Å². The second-order valence-corrected chi connectivity index (χ2v) is 5.14. The molecule has 3 N–H and O–H groups in total. The van der Waals surface area contributed by atoms with Crippen molar-refractivity contribution in [2.45, 2.75) is 6.92 Å². The fourth-order valence-corrected chi connectivity index (χ4v) is 2.12. The number of nitrogens with one attached hydrogen (secondary N) is 3. The minimum atomic E-state index is -0.358. The van der Waals surface area contributed by atoms with E-state index < -0.39 is 0 Å². The van der Waals surface area contributed by atoms with Crippen molar-refractivity contribution in [2.24, 2.45) is 0 Å². The molecule has 7 heteroatoms. The molecule has 7 nitrogen and oxygen atoms in total. The summed E-state index contributed by atoms with van der Waals surface area (Å²) >= 11 is 0. The highest BCUT2D eigenvalue weighted by molar-refractivity contribution is 5.92. The molecule has 25 heavy (non-hydrogen) atoms. The van der Waals surface area contributed by atoms with E-state index in [0.29, 0.717) is 36.0 Å². The van der Waals surface area contributed by atoms with Gasteiger partial charge < -0.3 is 25.4 Å². The summed E-state index contributed by atoms with van der Waals surface area (Å²) in [4.78, 5) is 22.9. The van der Waals surface area contributed by atoms with Crippen LogP contribution in [0.1, 0.15) is 6.92 Å². The van der Waals surface area contributed by atoms with Gasteiger partial charge in [0, 0.05) is 18.3 Å². The first-order valence-corrected chi connectivity index (χ1v) is 7.77. The lowest BCUT2D eigenvalue weighted by Crippen LogP contribution is -2.32. The van der Waals surface area contributed by atoms with Crippen LogP contribution < -0.4 is 25.4 Å². The quantitative estimate of drug-likeness (QED) is 0.675. The molecule has 2 aromatic rings. The summed E-state index contributed by atoms with van der Waals surface area (Å²) in [5.41, 5.74) is 1.19. The fraction of sp³-hybridized carbons (Fsp3) is 0.222. The number of amides is 3. The number of para-hydroxylation sites is 2. The maximum atomic E-state index is 11.9. The standard InChI is InChI=1S/C18H21N3O4/c1-13(22)20-14-6-5-7-15(12-14)21-18(23)19-10-11-25-17-9-4-3-8-16(17)24-2/h3-9,12H,10-11H2,1-2H3,(H,20,22)(H2,19,21,23). The Labute approximate surface area is 146 Å². The summed E-state index contributed by atoms with van der Waals surface area (Å²) in [7, 11) is 1.57. The third-order valence-electron chi connectivity index (χ3n) is 3.16. The maximum Gasteiger partial charge on any atom is 0.319 e. The molecule has 0 fully saturated rings. The third kappa shape index (κ3) is 6.06. The molecule has 0 aromatic heterocycles. The number of methoxy groups -OCH3 is 1. The number of hydrogen-bond acceptors (Lipinski definition) is 4. The Bertz CT molecular complexity index is 734. The van der Waals surface area contributed by atoms with Crippen LogP contribution in [0.5, 0.6) is 11.5 Å². The molecule has 0 saturated carbocycles. The number of rotatable bonds is 7. The van der Waals surface area contributed by atoms with E-state index in [9.17, 15) is 9.59 Å². The van der Waals surface area contributed by atoms with Crippen LogP contribution in [0.4, 0.5) is 16.2 Å². The molecule has 0 spiro atoms. The van der Waals surface area contributed by atoms with Crippen LogP contribution in [-0.4, -0.2) is 32.2 Å². The van der Waals surface area contributed by atoms with Gasteiger partial charge in [-0.2, -0.15) is 0 Å². The third-order valence-corrected chi connectivity index (χ3v) is 3.16.